The van der Waals surface area contributed by atoms with Crippen LogP contribution in [0.3, 0.4) is 0 Å². The molecule has 2 rings (SSSR count). The highest BCUT2D eigenvalue weighted by atomic mass is 16.1. The molecule has 1 aliphatic heterocycles. The second-order valence-electron chi connectivity index (χ2n) is 5.68. The number of ketones is 1. The van der Waals surface area contributed by atoms with Gasteiger partial charge in [0.1, 0.15) is 0 Å². The van der Waals surface area contributed by atoms with Gasteiger partial charge in [-0.05, 0) is 55.5 Å². The van der Waals surface area contributed by atoms with Gasteiger partial charge in [-0.1, -0.05) is 13.8 Å². The van der Waals surface area contributed by atoms with Gasteiger partial charge in [0.15, 0.2) is 5.78 Å². The second-order valence-corrected chi connectivity index (χ2v) is 5.68. The minimum Gasteiger partial charge on any atom is -0.385 e. The summed E-state index contributed by atoms with van der Waals surface area (Å²) >= 11 is 0. The molecule has 0 aromatic heterocycles. The van der Waals surface area contributed by atoms with Crippen molar-refractivity contribution in [3.05, 3.63) is 29.3 Å². The molecule has 1 heterocycles. The molecule has 3 nitrogen and oxygen atoms in total. The number of Topliss-reactive ketones (excluding diaryl/α,β-unsaturated/α-hetero) is 1. The van der Waals surface area contributed by atoms with E-state index < -0.39 is 0 Å². The normalized spacial score (nSPS) is 14.1. The van der Waals surface area contributed by atoms with Gasteiger partial charge in [0, 0.05) is 17.8 Å². The average Bonchev–Trinajstić information content (AvgIpc) is 2.42. The van der Waals surface area contributed by atoms with Crippen molar-refractivity contribution < 1.29 is 4.79 Å². The fourth-order valence-electron chi connectivity index (χ4n) is 2.34. The Hall–Kier alpha value is -1.35. The van der Waals surface area contributed by atoms with Crippen LogP contribution in [0.15, 0.2) is 18.2 Å². The minimum absolute atomic E-state index is 0.192. The Morgan fingerprint density at radius 2 is 2.26 bits per heavy atom. The van der Waals surface area contributed by atoms with E-state index in [4.69, 9.17) is 0 Å². The molecule has 104 valence electrons. The highest BCUT2D eigenvalue weighted by molar-refractivity contribution is 5.98. The Balaban J connectivity index is 1.88. The van der Waals surface area contributed by atoms with Crippen molar-refractivity contribution in [1.82, 2.24) is 5.32 Å². The predicted octanol–water partition coefficient (Wildman–Crippen LogP) is 2.86. The monoisotopic (exact) mass is 260 g/mol. The number of benzene rings is 1. The van der Waals surface area contributed by atoms with Gasteiger partial charge in [-0.15, -0.1) is 0 Å². The first kappa shape index (κ1) is 14.1. The number of carbonyl (C=O) groups excluding carboxylic acids is 1. The van der Waals surface area contributed by atoms with E-state index in [1.165, 1.54) is 11.3 Å². The molecular formula is C16H24N2O. The van der Waals surface area contributed by atoms with Crippen LogP contribution < -0.4 is 10.6 Å². The molecule has 0 fully saturated rings. The van der Waals surface area contributed by atoms with E-state index in [-0.39, 0.29) is 5.78 Å². The molecule has 0 unspecified atom stereocenters. The van der Waals surface area contributed by atoms with Crippen LogP contribution in [0.5, 0.6) is 0 Å². The highest BCUT2D eigenvalue weighted by Crippen LogP contribution is 2.22. The number of carbonyl (C=O) groups is 1. The molecule has 3 heteroatoms. The van der Waals surface area contributed by atoms with Crippen molar-refractivity contribution in [3.63, 3.8) is 0 Å². The van der Waals surface area contributed by atoms with Crippen molar-refractivity contribution in [3.8, 4) is 0 Å². The van der Waals surface area contributed by atoms with Crippen LogP contribution in [0.2, 0.25) is 0 Å². The second kappa shape index (κ2) is 6.71. The third-order valence-electron chi connectivity index (χ3n) is 3.55. The first-order valence-electron chi connectivity index (χ1n) is 7.27. The smallest absolute Gasteiger partial charge is 0.176 e. The van der Waals surface area contributed by atoms with E-state index in [0.717, 1.165) is 37.9 Å². The zero-order valence-electron chi connectivity index (χ0n) is 12.0. The highest BCUT2D eigenvalue weighted by Gasteiger charge is 2.12. The molecule has 1 aliphatic rings. The topological polar surface area (TPSA) is 41.1 Å². The first-order chi connectivity index (χ1) is 9.16. The van der Waals surface area contributed by atoms with E-state index in [0.29, 0.717) is 12.5 Å². The summed E-state index contributed by atoms with van der Waals surface area (Å²) in [6, 6.07) is 6.02. The summed E-state index contributed by atoms with van der Waals surface area (Å²) in [7, 11) is 0. The van der Waals surface area contributed by atoms with Gasteiger partial charge in [-0.25, -0.2) is 0 Å². The number of hydrogen-bond acceptors (Lipinski definition) is 3. The molecular weight excluding hydrogens is 236 g/mol. The van der Waals surface area contributed by atoms with Crippen LogP contribution in [0.4, 0.5) is 5.69 Å². The van der Waals surface area contributed by atoms with Crippen LogP contribution >= 0.6 is 0 Å². The third-order valence-corrected chi connectivity index (χ3v) is 3.55. The Morgan fingerprint density at radius 1 is 1.42 bits per heavy atom. The molecule has 1 aromatic carbocycles. The maximum absolute atomic E-state index is 12.1. The van der Waals surface area contributed by atoms with Crippen molar-refractivity contribution in [2.24, 2.45) is 5.92 Å². The molecule has 0 bridgehead atoms. The van der Waals surface area contributed by atoms with Crippen molar-refractivity contribution in [1.29, 1.82) is 0 Å². The molecule has 1 aromatic rings. The van der Waals surface area contributed by atoms with Gasteiger partial charge >= 0.3 is 0 Å². The van der Waals surface area contributed by atoms with Crippen LogP contribution in [0, 0.1) is 5.92 Å². The molecule has 2 N–H and O–H groups in total. The summed E-state index contributed by atoms with van der Waals surface area (Å²) < 4.78 is 0. The number of rotatable bonds is 6. The summed E-state index contributed by atoms with van der Waals surface area (Å²) in [5.41, 5.74) is 3.30. The average molecular weight is 260 g/mol. The Labute approximate surface area is 115 Å². The number of nitrogens with one attached hydrogen (secondary N) is 2. The third kappa shape index (κ3) is 4.06. The largest absolute Gasteiger partial charge is 0.385 e. The zero-order valence-corrected chi connectivity index (χ0v) is 12.0. The Morgan fingerprint density at radius 3 is 3.05 bits per heavy atom. The van der Waals surface area contributed by atoms with Gasteiger partial charge in [-0.2, -0.15) is 0 Å². The lowest BCUT2D eigenvalue weighted by Crippen LogP contribution is -2.25. The lowest BCUT2D eigenvalue weighted by Gasteiger charge is -2.18. The molecule has 0 saturated heterocycles. The lowest BCUT2D eigenvalue weighted by molar-refractivity contribution is 0.0990. The van der Waals surface area contributed by atoms with Crippen LogP contribution in [-0.2, 0) is 6.42 Å². The number of anilines is 1. The van der Waals surface area contributed by atoms with Crippen molar-refractivity contribution >= 4 is 11.5 Å². The predicted molar refractivity (Wildman–Crippen MR) is 79.9 cm³/mol. The van der Waals surface area contributed by atoms with Crippen LogP contribution in [0.1, 0.15) is 42.6 Å². The van der Waals surface area contributed by atoms with E-state index in [9.17, 15) is 4.79 Å². The van der Waals surface area contributed by atoms with Crippen molar-refractivity contribution in [2.75, 3.05) is 25.0 Å². The Kier molecular flexibility index (Phi) is 4.97. The summed E-state index contributed by atoms with van der Waals surface area (Å²) in [6.07, 6.45) is 3.34. The molecule has 0 saturated carbocycles. The number of fused-ring (bicyclic) bond motifs is 1. The summed E-state index contributed by atoms with van der Waals surface area (Å²) in [5.74, 6) is 0.870. The van der Waals surface area contributed by atoms with Gasteiger partial charge in [0.25, 0.3) is 0 Å². The minimum atomic E-state index is 0.192. The van der Waals surface area contributed by atoms with E-state index in [1.807, 2.05) is 18.2 Å². The van der Waals surface area contributed by atoms with Gasteiger partial charge in [0.05, 0.1) is 6.54 Å². The SMILES string of the molecule is CC(C)CCNCC(=O)c1ccc2c(c1)CCCN2. The molecule has 0 amide bonds. The number of aryl methyl sites for hydroxylation is 1. The summed E-state index contributed by atoms with van der Waals surface area (Å²) in [4.78, 5) is 12.1. The Bertz CT molecular complexity index is 440. The molecule has 0 radical (unpaired) electrons. The molecule has 19 heavy (non-hydrogen) atoms. The summed E-state index contributed by atoms with van der Waals surface area (Å²) in [6.45, 7) is 6.78. The maximum atomic E-state index is 12.1. The van der Waals surface area contributed by atoms with Gasteiger partial charge < -0.3 is 10.6 Å². The first-order valence-corrected chi connectivity index (χ1v) is 7.27. The molecule has 0 spiro atoms. The fraction of sp³-hybridized carbons (Fsp3) is 0.562. The maximum Gasteiger partial charge on any atom is 0.176 e. The molecule has 0 aliphatic carbocycles. The van der Waals surface area contributed by atoms with E-state index in [1.54, 1.807) is 0 Å². The van der Waals surface area contributed by atoms with Gasteiger partial charge in [-0.3, -0.25) is 4.79 Å². The fourth-order valence-corrected chi connectivity index (χ4v) is 2.34. The van der Waals surface area contributed by atoms with E-state index in [2.05, 4.69) is 24.5 Å². The van der Waals surface area contributed by atoms with Crippen LogP contribution in [-0.4, -0.2) is 25.4 Å². The van der Waals surface area contributed by atoms with Crippen LogP contribution in [0.25, 0.3) is 0 Å². The van der Waals surface area contributed by atoms with Crippen molar-refractivity contribution in [2.45, 2.75) is 33.1 Å². The summed E-state index contributed by atoms with van der Waals surface area (Å²) in [5, 5.41) is 6.60. The lowest BCUT2D eigenvalue weighted by atomic mass is 9.99. The van der Waals surface area contributed by atoms with E-state index >= 15 is 0 Å². The zero-order chi connectivity index (χ0) is 13.7. The standard InChI is InChI=1S/C16H24N2O/c1-12(2)7-9-17-11-16(19)14-5-6-15-13(10-14)4-3-8-18-15/h5-6,10,12,17-18H,3-4,7-9,11H2,1-2H3. The quantitative estimate of drug-likeness (QED) is 0.610. The number of hydrogen-bond donors (Lipinski definition) is 2. The van der Waals surface area contributed by atoms with Gasteiger partial charge in [0.2, 0.25) is 0 Å². The molecule has 0 atom stereocenters.